The van der Waals surface area contributed by atoms with Gasteiger partial charge in [0.05, 0.1) is 0 Å². The summed E-state index contributed by atoms with van der Waals surface area (Å²) < 4.78 is 31.6. The largest absolute Gasteiger partial charge is 2.00 e. The van der Waals surface area contributed by atoms with Gasteiger partial charge < -0.3 is 2.85 Å². The molecule has 4 nitrogen and oxygen atoms in total. The van der Waals surface area contributed by atoms with Crippen LogP contribution in [0.4, 0.5) is 0 Å². The van der Waals surface area contributed by atoms with Gasteiger partial charge in [0.2, 0.25) is 0 Å². The van der Waals surface area contributed by atoms with Crippen molar-refractivity contribution in [1.29, 1.82) is 0 Å². The minimum absolute atomic E-state index is 0. The summed E-state index contributed by atoms with van der Waals surface area (Å²) in [5.74, 6) is 0. The fraction of sp³-hybridized carbons (Fsp3) is 0. The van der Waals surface area contributed by atoms with Gasteiger partial charge in [-0.3, -0.25) is 9.11 Å². The van der Waals surface area contributed by atoms with Crippen LogP contribution in [0, 0.1) is 0 Å². The van der Waals surface area contributed by atoms with Crippen LogP contribution in [0.1, 0.15) is 2.85 Å². The van der Waals surface area contributed by atoms with E-state index in [1.165, 1.54) is 0 Å². The summed E-state index contributed by atoms with van der Waals surface area (Å²) in [4.78, 5) is 0. The minimum atomic E-state index is -4.67. The molecule has 2 N–H and O–H groups in total. The maximum absolute atomic E-state index is 8.74. The van der Waals surface area contributed by atoms with E-state index in [0.29, 0.717) is 0 Å². The minimum Gasteiger partial charge on any atom is -1.00 e. The van der Waals surface area contributed by atoms with Gasteiger partial charge in [-0.15, -0.1) is 12.4 Å². The molecule has 0 saturated heterocycles. The van der Waals surface area contributed by atoms with Crippen LogP contribution < -0.4 is 0 Å². The van der Waals surface area contributed by atoms with Crippen molar-refractivity contribution in [2.24, 2.45) is 0 Å². The van der Waals surface area contributed by atoms with E-state index < -0.39 is 10.4 Å². The molecule has 0 aliphatic carbocycles. The van der Waals surface area contributed by atoms with Crippen molar-refractivity contribution >= 4 is 60.5 Å². The smallest absolute Gasteiger partial charge is 1.00 e. The summed E-state index contributed by atoms with van der Waals surface area (Å²) in [6, 6.07) is 0. The second-order valence-electron chi connectivity index (χ2n) is 0.448. The van der Waals surface area contributed by atoms with Crippen molar-refractivity contribution in [3.8, 4) is 0 Å². The van der Waals surface area contributed by atoms with Crippen molar-refractivity contribution in [2.75, 3.05) is 0 Å². The summed E-state index contributed by atoms with van der Waals surface area (Å²) in [6.07, 6.45) is 0. The molecular formula is H5CaClO4S. The molecule has 0 aliphatic heterocycles. The number of halogens is 1. The van der Waals surface area contributed by atoms with E-state index in [-0.39, 0.29) is 53.0 Å². The summed E-state index contributed by atoms with van der Waals surface area (Å²) in [6.45, 7) is 0. The molecule has 7 heavy (non-hydrogen) atoms. The summed E-state index contributed by atoms with van der Waals surface area (Å²) in [5, 5.41) is 0. The van der Waals surface area contributed by atoms with Gasteiger partial charge >= 0.3 is 48.1 Å². The van der Waals surface area contributed by atoms with Gasteiger partial charge in [-0.1, -0.05) is 0 Å². The molecule has 0 fully saturated rings. The predicted octanol–water partition coefficient (Wildman–Crippen LogP) is -0.387. The Balaban J connectivity index is -0.0000000133. The van der Waals surface area contributed by atoms with E-state index in [1.54, 1.807) is 0 Å². The monoisotopic (exact) mass is 176 g/mol. The Morgan fingerprint density at radius 2 is 1.29 bits per heavy atom. The van der Waals surface area contributed by atoms with Crippen LogP contribution in [-0.2, 0) is 10.4 Å². The average molecular weight is 177 g/mol. The average Bonchev–Trinajstić information content (AvgIpc) is 0.722. The molecule has 0 aromatic carbocycles. The Morgan fingerprint density at radius 3 is 1.29 bits per heavy atom. The number of hydrogen-bond acceptors (Lipinski definition) is 2. The zero-order valence-corrected chi connectivity index (χ0v) is 7.08. The summed E-state index contributed by atoms with van der Waals surface area (Å²) in [7, 11) is -4.67. The van der Waals surface area contributed by atoms with Gasteiger partial charge in [-0.2, -0.15) is 8.42 Å². The Hall–Kier alpha value is 1.42. The van der Waals surface area contributed by atoms with E-state index >= 15 is 0 Å². The van der Waals surface area contributed by atoms with E-state index in [0.717, 1.165) is 0 Å². The molecule has 0 saturated carbocycles. The quantitative estimate of drug-likeness (QED) is 0.390. The summed E-state index contributed by atoms with van der Waals surface area (Å²) in [5.41, 5.74) is 0. The van der Waals surface area contributed by atoms with Gasteiger partial charge in [0.15, 0.2) is 0 Å². The van der Waals surface area contributed by atoms with Crippen LogP contribution in [0.2, 0.25) is 0 Å². The third-order valence-electron chi connectivity index (χ3n) is 0. The molecule has 0 heterocycles. The van der Waals surface area contributed by atoms with E-state index in [2.05, 4.69) is 0 Å². The van der Waals surface area contributed by atoms with Crippen LogP contribution in [0.15, 0.2) is 0 Å². The Morgan fingerprint density at radius 1 is 1.29 bits per heavy atom. The molecule has 44 valence electrons. The van der Waals surface area contributed by atoms with E-state index in [9.17, 15) is 0 Å². The van der Waals surface area contributed by atoms with Crippen molar-refractivity contribution in [2.45, 2.75) is 0 Å². The topological polar surface area (TPSA) is 74.6 Å². The molecular weight excluding hydrogens is 172 g/mol. The van der Waals surface area contributed by atoms with Crippen LogP contribution >= 0.6 is 12.4 Å². The number of rotatable bonds is 0. The molecule has 0 bridgehead atoms. The molecule has 0 spiro atoms. The van der Waals surface area contributed by atoms with E-state index in [1.807, 2.05) is 0 Å². The fourth-order valence-corrected chi connectivity index (χ4v) is 0. The van der Waals surface area contributed by atoms with Gasteiger partial charge in [-0.25, -0.2) is 0 Å². The first-order valence-corrected chi connectivity index (χ1v) is 2.10. The van der Waals surface area contributed by atoms with Crippen LogP contribution in [0.5, 0.6) is 0 Å². The third-order valence-corrected chi connectivity index (χ3v) is 0. The van der Waals surface area contributed by atoms with Crippen molar-refractivity contribution in [3.63, 3.8) is 0 Å². The standard InChI is InChI=1S/Ca.ClH.H2O4S.2H/c;;1-5(2,3)4;;/h;1H;(H2,1,2,3,4);;/q+2;;;2*-1. The Labute approximate surface area is 80.2 Å². The molecule has 0 aliphatic rings. The third kappa shape index (κ3) is 108. The second-order valence-corrected chi connectivity index (χ2v) is 1.34. The summed E-state index contributed by atoms with van der Waals surface area (Å²) >= 11 is 0. The normalized spacial score (nSPS) is 8.29. The van der Waals surface area contributed by atoms with Gasteiger partial charge in [0.25, 0.3) is 0 Å². The maximum atomic E-state index is 8.74. The molecule has 7 heteroatoms. The maximum Gasteiger partial charge on any atom is 2.00 e. The predicted molar refractivity (Wildman–Crippen MR) is 29.4 cm³/mol. The molecule has 0 atom stereocenters. The first kappa shape index (κ1) is 15.8. The molecule has 0 rings (SSSR count). The number of hydrogen-bond donors (Lipinski definition) is 2. The van der Waals surface area contributed by atoms with Crippen molar-refractivity contribution < 1.29 is 20.4 Å². The molecule has 0 amide bonds. The second kappa shape index (κ2) is 5.55. The van der Waals surface area contributed by atoms with Gasteiger partial charge in [0.1, 0.15) is 0 Å². The van der Waals surface area contributed by atoms with Crippen molar-refractivity contribution in [3.05, 3.63) is 0 Å². The van der Waals surface area contributed by atoms with Gasteiger partial charge in [0, 0.05) is 0 Å². The van der Waals surface area contributed by atoms with E-state index in [4.69, 9.17) is 17.5 Å². The molecule has 0 radical (unpaired) electrons. The van der Waals surface area contributed by atoms with Crippen LogP contribution in [-0.4, -0.2) is 55.3 Å². The van der Waals surface area contributed by atoms with Crippen molar-refractivity contribution in [1.82, 2.24) is 0 Å². The zero-order chi connectivity index (χ0) is 4.50. The zero-order valence-electron chi connectivity index (χ0n) is 5.23. The Bertz CT molecular complexity index is 102. The first-order chi connectivity index (χ1) is 2.00. The molecule has 0 aromatic heterocycles. The van der Waals surface area contributed by atoms with Crippen LogP contribution in [0.3, 0.4) is 0 Å². The Kier molecular flexibility index (Phi) is 12.5. The molecule has 0 aromatic rings. The molecule has 0 unspecified atom stereocenters. The fourth-order valence-electron chi connectivity index (χ4n) is 0. The van der Waals surface area contributed by atoms with Gasteiger partial charge in [-0.05, 0) is 0 Å². The first-order valence-electron chi connectivity index (χ1n) is 0.698. The van der Waals surface area contributed by atoms with Crippen LogP contribution in [0.25, 0.3) is 0 Å². The SMILES string of the molecule is Cl.O=S(=O)(O)O.[Ca+2].[H-].[H-].